The van der Waals surface area contributed by atoms with Crippen LogP contribution in [-0.4, -0.2) is 30.3 Å². The van der Waals surface area contributed by atoms with Crippen molar-refractivity contribution in [1.29, 1.82) is 0 Å². The van der Waals surface area contributed by atoms with Gasteiger partial charge in [0, 0.05) is 6.92 Å². The molecule has 0 atom stereocenters. The van der Waals surface area contributed by atoms with E-state index in [0.717, 1.165) is 5.39 Å². The number of aryl methyl sites for hydroxylation is 1. The Balaban J connectivity index is 1.87. The van der Waals surface area contributed by atoms with Gasteiger partial charge in [0.05, 0.1) is 18.1 Å². The normalized spacial score (nSPS) is 11.0. The molecule has 0 saturated heterocycles. The molecule has 9 heteroatoms. The highest BCUT2D eigenvalue weighted by atomic mass is 35.5. The fourth-order valence-electron chi connectivity index (χ4n) is 1.52. The number of H-pyrrole nitrogens is 1. The number of halogens is 1. The van der Waals surface area contributed by atoms with Gasteiger partial charge in [-0.1, -0.05) is 5.16 Å². The van der Waals surface area contributed by atoms with Crippen molar-refractivity contribution in [2.45, 2.75) is 13.5 Å². The monoisotopic (exact) mass is 265 g/mol. The molecule has 8 nitrogen and oxygen atoms in total. The second-order valence-corrected chi connectivity index (χ2v) is 3.89. The standard InChI is InChI=1S/C9H8ClN7O/c1-4-13-6(17-18-4)3-11-7-5-2-12-16-8(5)15-9(10)14-7/h2H,3H2,1H3,(H2,11,12,14,15,16). The maximum atomic E-state index is 5.81. The number of anilines is 1. The van der Waals surface area contributed by atoms with E-state index in [1.807, 2.05) is 0 Å². The molecule has 0 amide bonds. The van der Waals surface area contributed by atoms with E-state index in [2.05, 4.69) is 35.6 Å². The average Bonchev–Trinajstić information content (AvgIpc) is 2.94. The third kappa shape index (κ3) is 1.97. The van der Waals surface area contributed by atoms with E-state index in [-0.39, 0.29) is 5.28 Å². The lowest BCUT2D eigenvalue weighted by atomic mass is 10.4. The molecule has 3 heterocycles. The molecule has 0 bridgehead atoms. The summed E-state index contributed by atoms with van der Waals surface area (Å²) in [6.07, 6.45) is 1.62. The lowest BCUT2D eigenvalue weighted by molar-refractivity contribution is 0.388. The summed E-state index contributed by atoms with van der Waals surface area (Å²) < 4.78 is 4.87. The Hall–Kier alpha value is -2.22. The smallest absolute Gasteiger partial charge is 0.226 e. The lowest BCUT2D eigenvalue weighted by Crippen LogP contribution is -2.04. The van der Waals surface area contributed by atoms with Gasteiger partial charge in [0.1, 0.15) is 5.82 Å². The maximum Gasteiger partial charge on any atom is 0.226 e. The lowest BCUT2D eigenvalue weighted by Gasteiger charge is -2.03. The second-order valence-electron chi connectivity index (χ2n) is 3.56. The minimum absolute atomic E-state index is 0.138. The molecular formula is C9H8ClN7O. The van der Waals surface area contributed by atoms with E-state index in [1.54, 1.807) is 13.1 Å². The number of hydrogen-bond acceptors (Lipinski definition) is 7. The molecule has 3 aromatic rings. The van der Waals surface area contributed by atoms with Crippen molar-refractivity contribution in [2.75, 3.05) is 5.32 Å². The third-order valence-electron chi connectivity index (χ3n) is 2.27. The van der Waals surface area contributed by atoms with Crippen LogP contribution < -0.4 is 5.32 Å². The maximum absolute atomic E-state index is 5.81. The summed E-state index contributed by atoms with van der Waals surface area (Å²) in [5, 5.41) is 14.3. The van der Waals surface area contributed by atoms with Crippen LogP contribution in [0.2, 0.25) is 5.28 Å². The number of rotatable bonds is 3. The summed E-state index contributed by atoms with van der Waals surface area (Å²) in [6, 6.07) is 0. The molecule has 0 aromatic carbocycles. The van der Waals surface area contributed by atoms with Crippen molar-refractivity contribution in [3.63, 3.8) is 0 Å². The van der Waals surface area contributed by atoms with Gasteiger partial charge >= 0.3 is 0 Å². The Morgan fingerprint density at radius 1 is 1.39 bits per heavy atom. The topological polar surface area (TPSA) is 105 Å². The van der Waals surface area contributed by atoms with Crippen molar-refractivity contribution in [3.05, 3.63) is 23.2 Å². The molecule has 0 saturated carbocycles. The predicted octanol–water partition coefficient (Wildman–Crippen LogP) is 1.31. The summed E-state index contributed by atoms with van der Waals surface area (Å²) in [4.78, 5) is 12.2. The summed E-state index contributed by atoms with van der Waals surface area (Å²) in [5.41, 5.74) is 0.571. The molecule has 0 aliphatic heterocycles. The summed E-state index contributed by atoms with van der Waals surface area (Å²) in [7, 11) is 0. The molecule has 2 N–H and O–H groups in total. The van der Waals surface area contributed by atoms with E-state index in [1.165, 1.54) is 0 Å². The molecule has 0 spiro atoms. The van der Waals surface area contributed by atoms with Crippen LogP contribution in [0.25, 0.3) is 11.0 Å². The van der Waals surface area contributed by atoms with Gasteiger partial charge in [-0.05, 0) is 11.6 Å². The minimum atomic E-state index is 0.138. The highest BCUT2D eigenvalue weighted by Crippen LogP contribution is 2.20. The Bertz CT molecular complexity index is 691. The highest BCUT2D eigenvalue weighted by Gasteiger charge is 2.09. The molecule has 18 heavy (non-hydrogen) atoms. The number of nitrogens with one attached hydrogen (secondary N) is 2. The largest absolute Gasteiger partial charge is 0.362 e. The van der Waals surface area contributed by atoms with E-state index in [9.17, 15) is 0 Å². The van der Waals surface area contributed by atoms with Crippen LogP contribution in [0.4, 0.5) is 5.82 Å². The zero-order valence-corrected chi connectivity index (χ0v) is 10.1. The summed E-state index contributed by atoms with van der Waals surface area (Å²) >= 11 is 5.81. The van der Waals surface area contributed by atoms with Crippen LogP contribution in [0.3, 0.4) is 0 Å². The third-order valence-corrected chi connectivity index (χ3v) is 2.44. The van der Waals surface area contributed by atoms with Gasteiger partial charge in [-0.25, -0.2) is 0 Å². The first kappa shape index (κ1) is 10.9. The van der Waals surface area contributed by atoms with E-state index in [4.69, 9.17) is 16.1 Å². The highest BCUT2D eigenvalue weighted by molar-refractivity contribution is 6.28. The number of aromatic amines is 1. The number of fused-ring (bicyclic) bond motifs is 1. The van der Waals surface area contributed by atoms with Crippen LogP contribution in [0, 0.1) is 6.92 Å². The zero-order valence-electron chi connectivity index (χ0n) is 9.31. The van der Waals surface area contributed by atoms with Crippen LogP contribution in [0.5, 0.6) is 0 Å². The molecule has 3 aromatic heterocycles. The Labute approximate surface area is 106 Å². The van der Waals surface area contributed by atoms with Gasteiger partial charge < -0.3 is 9.84 Å². The van der Waals surface area contributed by atoms with Gasteiger partial charge in [0.25, 0.3) is 0 Å². The minimum Gasteiger partial charge on any atom is -0.362 e. The van der Waals surface area contributed by atoms with Gasteiger partial charge in [0.2, 0.25) is 11.2 Å². The van der Waals surface area contributed by atoms with Crippen LogP contribution in [0.1, 0.15) is 11.7 Å². The number of aromatic nitrogens is 6. The van der Waals surface area contributed by atoms with Crippen molar-refractivity contribution in [1.82, 2.24) is 30.3 Å². The Morgan fingerprint density at radius 2 is 2.28 bits per heavy atom. The van der Waals surface area contributed by atoms with Crippen molar-refractivity contribution in [2.24, 2.45) is 0 Å². The van der Waals surface area contributed by atoms with Crippen LogP contribution in [-0.2, 0) is 6.54 Å². The summed E-state index contributed by atoms with van der Waals surface area (Å²) in [6.45, 7) is 2.11. The number of nitrogens with zero attached hydrogens (tertiary/aromatic N) is 5. The summed E-state index contributed by atoms with van der Waals surface area (Å²) in [5.74, 6) is 1.63. The Kier molecular flexibility index (Phi) is 2.56. The van der Waals surface area contributed by atoms with Gasteiger partial charge in [-0.2, -0.15) is 20.1 Å². The molecule has 0 aliphatic carbocycles. The molecule has 0 radical (unpaired) electrons. The molecule has 0 fully saturated rings. The Morgan fingerprint density at radius 3 is 3.06 bits per heavy atom. The van der Waals surface area contributed by atoms with Crippen LogP contribution >= 0.6 is 11.6 Å². The quantitative estimate of drug-likeness (QED) is 0.688. The van der Waals surface area contributed by atoms with Crippen molar-refractivity contribution < 1.29 is 4.52 Å². The second kappa shape index (κ2) is 4.22. The first-order chi connectivity index (χ1) is 8.72. The molecule has 0 unspecified atom stereocenters. The first-order valence-corrected chi connectivity index (χ1v) is 5.50. The van der Waals surface area contributed by atoms with Crippen LogP contribution in [0.15, 0.2) is 10.7 Å². The van der Waals surface area contributed by atoms with Gasteiger partial charge in [-0.3, -0.25) is 5.10 Å². The van der Waals surface area contributed by atoms with E-state index in [0.29, 0.717) is 29.7 Å². The molecular weight excluding hydrogens is 258 g/mol. The molecule has 92 valence electrons. The van der Waals surface area contributed by atoms with Crippen molar-refractivity contribution in [3.8, 4) is 0 Å². The van der Waals surface area contributed by atoms with E-state index >= 15 is 0 Å². The molecule has 3 rings (SSSR count). The van der Waals surface area contributed by atoms with Crippen molar-refractivity contribution >= 4 is 28.5 Å². The molecule has 0 aliphatic rings. The fraction of sp³-hybridized carbons (Fsp3) is 0.222. The van der Waals surface area contributed by atoms with Gasteiger partial charge in [-0.15, -0.1) is 0 Å². The first-order valence-electron chi connectivity index (χ1n) is 5.12. The van der Waals surface area contributed by atoms with Gasteiger partial charge in [0.15, 0.2) is 11.5 Å². The van der Waals surface area contributed by atoms with E-state index < -0.39 is 0 Å². The predicted molar refractivity (Wildman–Crippen MR) is 63.1 cm³/mol. The zero-order chi connectivity index (χ0) is 12.5. The average molecular weight is 266 g/mol. The number of hydrogen-bond donors (Lipinski definition) is 2. The fourth-order valence-corrected chi connectivity index (χ4v) is 1.69. The SMILES string of the molecule is Cc1nc(CNc2nc(Cl)nc3[nH]ncc23)no1.